The van der Waals surface area contributed by atoms with Gasteiger partial charge in [0.15, 0.2) is 0 Å². The molecule has 1 aliphatic rings. The lowest BCUT2D eigenvalue weighted by atomic mass is 9.75. The minimum atomic E-state index is -4.36. The van der Waals surface area contributed by atoms with Crippen LogP contribution in [-0.4, -0.2) is 55.4 Å². The zero-order chi connectivity index (χ0) is 17.1. The highest BCUT2D eigenvalue weighted by Crippen LogP contribution is 2.39. The maximum absolute atomic E-state index is 10.8. The lowest BCUT2D eigenvalue weighted by molar-refractivity contribution is -0.0113. The Morgan fingerprint density at radius 2 is 1.39 bits per heavy atom. The van der Waals surface area contributed by atoms with Crippen molar-refractivity contribution >= 4 is 20.2 Å². The SMILES string of the molecule is O=S(=O)([O-])CCC1(CCS(=O)(=O)[O-])CN(Cc2ccccc2)C1. The van der Waals surface area contributed by atoms with E-state index in [1.807, 2.05) is 35.2 Å². The summed E-state index contributed by atoms with van der Waals surface area (Å²) < 4.78 is 65.1. The highest BCUT2D eigenvalue weighted by atomic mass is 32.2. The van der Waals surface area contributed by atoms with E-state index in [0.717, 1.165) is 5.56 Å². The minimum absolute atomic E-state index is 0.0830. The molecule has 1 aromatic rings. The van der Waals surface area contributed by atoms with Gasteiger partial charge in [-0.2, -0.15) is 0 Å². The average Bonchev–Trinajstić information content (AvgIpc) is 2.39. The zero-order valence-electron chi connectivity index (χ0n) is 12.5. The Bertz CT molecular complexity index is 686. The van der Waals surface area contributed by atoms with Gasteiger partial charge in [-0.15, -0.1) is 0 Å². The molecule has 0 aliphatic carbocycles. The predicted molar refractivity (Wildman–Crippen MR) is 82.5 cm³/mol. The first-order chi connectivity index (χ1) is 10.6. The van der Waals surface area contributed by atoms with E-state index < -0.39 is 37.2 Å². The number of likely N-dealkylation sites (tertiary alicyclic amines) is 1. The molecule has 0 atom stereocenters. The van der Waals surface area contributed by atoms with Gasteiger partial charge >= 0.3 is 0 Å². The summed E-state index contributed by atoms with van der Waals surface area (Å²) in [5, 5.41) is 0. The van der Waals surface area contributed by atoms with Gasteiger partial charge in [0.25, 0.3) is 0 Å². The Hall–Kier alpha value is -1.00. The van der Waals surface area contributed by atoms with E-state index in [0.29, 0.717) is 19.6 Å². The summed E-state index contributed by atoms with van der Waals surface area (Å²) in [7, 11) is -8.72. The summed E-state index contributed by atoms with van der Waals surface area (Å²) in [5.74, 6) is -1.07. The smallest absolute Gasteiger partial charge is 0.0946 e. The molecular formula is C14H19NO6S2-2. The van der Waals surface area contributed by atoms with Crippen LogP contribution >= 0.6 is 0 Å². The van der Waals surface area contributed by atoms with E-state index in [9.17, 15) is 25.9 Å². The van der Waals surface area contributed by atoms with Crippen LogP contribution in [0.15, 0.2) is 30.3 Å². The van der Waals surface area contributed by atoms with Gasteiger partial charge in [0.05, 0.1) is 20.2 Å². The molecule has 23 heavy (non-hydrogen) atoms. The van der Waals surface area contributed by atoms with Crippen LogP contribution in [0.5, 0.6) is 0 Å². The third-order valence-electron chi connectivity index (χ3n) is 4.13. The number of rotatable bonds is 8. The molecule has 0 saturated carbocycles. The molecule has 9 heteroatoms. The molecular weight excluding hydrogens is 342 g/mol. The molecule has 0 unspecified atom stereocenters. The number of benzene rings is 1. The summed E-state index contributed by atoms with van der Waals surface area (Å²) in [6, 6.07) is 9.66. The molecule has 7 nitrogen and oxygen atoms in total. The zero-order valence-corrected chi connectivity index (χ0v) is 14.2. The second-order valence-electron chi connectivity index (χ2n) is 6.15. The summed E-state index contributed by atoms with van der Waals surface area (Å²) in [6.45, 7) is 1.62. The minimum Gasteiger partial charge on any atom is -0.748 e. The van der Waals surface area contributed by atoms with Gasteiger partial charge in [-0.3, -0.25) is 4.90 Å². The second kappa shape index (κ2) is 6.86. The highest BCUT2D eigenvalue weighted by molar-refractivity contribution is 7.85. The number of hydrogen-bond acceptors (Lipinski definition) is 7. The first-order valence-corrected chi connectivity index (χ1v) is 10.4. The summed E-state index contributed by atoms with van der Waals surface area (Å²) in [6.07, 6.45) is 0.166. The van der Waals surface area contributed by atoms with Crippen molar-refractivity contribution in [3.05, 3.63) is 35.9 Å². The largest absolute Gasteiger partial charge is 0.748 e. The van der Waals surface area contributed by atoms with E-state index in [1.165, 1.54) is 0 Å². The maximum Gasteiger partial charge on any atom is 0.0946 e. The van der Waals surface area contributed by atoms with Gasteiger partial charge in [-0.05, 0) is 23.8 Å². The molecule has 1 fully saturated rings. The fourth-order valence-corrected chi connectivity index (χ4v) is 4.35. The lowest BCUT2D eigenvalue weighted by Crippen LogP contribution is -2.56. The van der Waals surface area contributed by atoms with Crippen molar-refractivity contribution in [1.29, 1.82) is 0 Å². The van der Waals surface area contributed by atoms with Crippen LogP contribution < -0.4 is 0 Å². The summed E-state index contributed by atoms with van der Waals surface area (Å²) in [4.78, 5) is 2.05. The normalized spacial score (nSPS) is 18.5. The third-order valence-corrected chi connectivity index (χ3v) is 5.54. The first-order valence-electron chi connectivity index (χ1n) is 7.20. The fraction of sp³-hybridized carbons (Fsp3) is 0.571. The fourth-order valence-electron chi connectivity index (χ4n) is 2.98. The highest BCUT2D eigenvalue weighted by Gasteiger charge is 2.42. The topological polar surface area (TPSA) is 118 Å². The van der Waals surface area contributed by atoms with Crippen LogP contribution in [0.25, 0.3) is 0 Å². The van der Waals surface area contributed by atoms with E-state index in [1.54, 1.807) is 0 Å². The van der Waals surface area contributed by atoms with Crippen LogP contribution in [0.2, 0.25) is 0 Å². The van der Waals surface area contributed by atoms with Gasteiger partial charge in [0.2, 0.25) is 0 Å². The summed E-state index contributed by atoms with van der Waals surface area (Å²) in [5.41, 5.74) is 0.498. The molecule has 0 bridgehead atoms. The van der Waals surface area contributed by atoms with Gasteiger partial charge in [0, 0.05) is 31.1 Å². The van der Waals surface area contributed by atoms with Crippen LogP contribution in [0, 0.1) is 5.41 Å². The molecule has 130 valence electrons. The molecule has 0 spiro atoms. The van der Waals surface area contributed by atoms with Crippen LogP contribution in [-0.2, 0) is 26.8 Å². The molecule has 0 radical (unpaired) electrons. The third kappa shape index (κ3) is 6.19. The van der Waals surface area contributed by atoms with Crippen LogP contribution in [0.1, 0.15) is 18.4 Å². The molecule has 1 heterocycles. The molecule has 0 N–H and O–H groups in total. The van der Waals surface area contributed by atoms with Crippen molar-refractivity contribution in [1.82, 2.24) is 4.90 Å². The van der Waals surface area contributed by atoms with Gasteiger partial charge in [0.1, 0.15) is 0 Å². The van der Waals surface area contributed by atoms with Gasteiger partial charge < -0.3 is 9.11 Å². The molecule has 1 saturated heterocycles. The number of hydrogen-bond donors (Lipinski definition) is 0. The number of nitrogens with zero attached hydrogens (tertiary/aromatic N) is 1. The Morgan fingerprint density at radius 1 is 0.913 bits per heavy atom. The van der Waals surface area contributed by atoms with E-state index in [4.69, 9.17) is 0 Å². The Kier molecular flexibility index (Phi) is 5.47. The van der Waals surface area contributed by atoms with Crippen molar-refractivity contribution in [3.63, 3.8) is 0 Å². The second-order valence-corrected chi connectivity index (χ2v) is 9.20. The van der Waals surface area contributed by atoms with Crippen LogP contribution in [0.4, 0.5) is 0 Å². The van der Waals surface area contributed by atoms with E-state index in [-0.39, 0.29) is 12.8 Å². The Morgan fingerprint density at radius 3 is 1.83 bits per heavy atom. The summed E-state index contributed by atoms with van der Waals surface area (Å²) >= 11 is 0. The van der Waals surface area contributed by atoms with Crippen molar-refractivity contribution in [2.75, 3.05) is 24.6 Å². The van der Waals surface area contributed by atoms with Crippen molar-refractivity contribution in [2.45, 2.75) is 19.4 Å². The van der Waals surface area contributed by atoms with Crippen molar-refractivity contribution in [3.8, 4) is 0 Å². The average molecular weight is 361 g/mol. The van der Waals surface area contributed by atoms with Gasteiger partial charge in [-0.1, -0.05) is 30.3 Å². The lowest BCUT2D eigenvalue weighted by Gasteiger charge is -2.51. The molecule has 0 amide bonds. The molecule has 1 aromatic carbocycles. The monoisotopic (exact) mass is 361 g/mol. The first kappa shape index (κ1) is 18.3. The van der Waals surface area contributed by atoms with Crippen molar-refractivity contribution in [2.24, 2.45) is 5.41 Å². The molecule has 0 aromatic heterocycles. The van der Waals surface area contributed by atoms with E-state index >= 15 is 0 Å². The Balaban J connectivity index is 1.97. The van der Waals surface area contributed by atoms with Gasteiger partial charge in [-0.25, -0.2) is 16.8 Å². The Labute approximate surface area is 136 Å². The molecule has 1 aliphatic heterocycles. The van der Waals surface area contributed by atoms with Crippen molar-refractivity contribution < 1.29 is 25.9 Å². The van der Waals surface area contributed by atoms with Crippen LogP contribution in [0.3, 0.4) is 0 Å². The predicted octanol–water partition coefficient (Wildman–Crippen LogP) is 0.359. The quantitative estimate of drug-likeness (QED) is 0.613. The van der Waals surface area contributed by atoms with E-state index in [2.05, 4.69) is 0 Å². The maximum atomic E-state index is 10.8. The molecule has 2 rings (SSSR count). The standard InChI is InChI=1S/C14H21NO6S2/c16-22(17,18)8-6-14(7-9-23(19,20)21)11-15(12-14)10-13-4-2-1-3-5-13/h1-5H,6-12H2,(H,16,17,18)(H,19,20,21)/p-2.